The van der Waals surface area contributed by atoms with E-state index >= 15 is 0 Å². The van der Waals surface area contributed by atoms with Gasteiger partial charge in [0.1, 0.15) is 5.44 Å². The molecule has 0 unspecified atom stereocenters. The summed E-state index contributed by atoms with van der Waals surface area (Å²) >= 11 is 0.539. The van der Waals surface area contributed by atoms with Crippen LogP contribution in [0.4, 0.5) is 13.2 Å². The van der Waals surface area contributed by atoms with Crippen molar-refractivity contribution < 1.29 is 23.4 Å². The van der Waals surface area contributed by atoms with Crippen LogP contribution in [-0.2, 0) is 5.60 Å². The molecule has 2 atom stereocenters. The molecule has 0 amide bonds. The minimum absolute atomic E-state index is 0.371. The first-order chi connectivity index (χ1) is 7.34. The van der Waals surface area contributed by atoms with Gasteiger partial charge in [-0.15, -0.1) is 11.8 Å². The fraction of sp³-hybridized carbons (Fsp3) is 0.400. The van der Waals surface area contributed by atoms with Crippen molar-refractivity contribution >= 4 is 11.8 Å². The molecule has 0 aromatic heterocycles. The molecule has 0 fully saturated rings. The summed E-state index contributed by atoms with van der Waals surface area (Å²) in [6.07, 6.45) is -3.64. The summed E-state index contributed by atoms with van der Waals surface area (Å²) in [7, 11) is 0. The number of alkyl halides is 3. The van der Waals surface area contributed by atoms with Gasteiger partial charge in [0, 0.05) is 0 Å². The van der Waals surface area contributed by atoms with Crippen LogP contribution >= 0.6 is 11.8 Å². The Kier molecular flexibility index (Phi) is 3.88. The molecule has 0 saturated heterocycles. The van der Waals surface area contributed by atoms with Gasteiger partial charge >= 0.3 is 6.18 Å². The van der Waals surface area contributed by atoms with Gasteiger partial charge in [0.25, 0.3) is 0 Å². The van der Waals surface area contributed by atoms with E-state index in [-0.39, 0.29) is 5.56 Å². The van der Waals surface area contributed by atoms with Crippen LogP contribution in [0.5, 0.6) is 0 Å². The van der Waals surface area contributed by atoms with Crippen molar-refractivity contribution in [1.82, 2.24) is 0 Å². The number of hydrogen-bond acceptors (Lipinski definition) is 3. The second kappa shape index (κ2) is 4.65. The van der Waals surface area contributed by atoms with E-state index in [0.29, 0.717) is 11.8 Å². The number of rotatable bonds is 3. The molecule has 0 bridgehead atoms. The number of aliphatic hydroxyl groups excluding tert-OH is 1. The molecular weight excluding hydrogens is 241 g/mol. The second-order valence-corrected chi connectivity index (χ2v) is 4.14. The van der Waals surface area contributed by atoms with Crippen LogP contribution in [0, 0.1) is 0 Å². The molecule has 0 aliphatic heterocycles. The number of halogens is 3. The summed E-state index contributed by atoms with van der Waals surface area (Å²) in [4.78, 5) is 0. The molecule has 16 heavy (non-hydrogen) atoms. The third kappa shape index (κ3) is 2.18. The minimum atomic E-state index is -4.93. The van der Waals surface area contributed by atoms with E-state index in [2.05, 4.69) is 0 Å². The third-order valence-electron chi connectivity index (χ3n) is 2.23. The molecule has 1 aromatic rings. The first-order valence-electron chi connectivity index (χ1n) is 4.39. The summed E-state index contributed by atoms with van der Waals surface area (Å²) in [5.41, 5.74) is -5.58. The van der Waals surface area contributed by atoms with E-state index in [9.17, 15) is 23.4 Å². The molecule has 0 radical (unpaired) electrons. The van der Waals surface area contributed by atoms with E-state index in [0.717, 1.165) is 12.1 Å². The Bertz CT molecular complexity index is 342. The Morgan fingerprint density at radius 3 is 2.06 bits per heavy atom. The molecule has 0 saturated carbocycles. The Hall–Kier alpha value is -0.720. The predicted molar refractivity (Wildman–Crippen MR) is 55.9 cm³/mol. The zero-order valence-corrected chi connectivity index (χ0v) is 9.22. The normalized spacial score (nSPS) is 17.9. The topological polar surface area (TPSA) is 40.5 Å². The Morgan fingerprint density at radius 2 is 1.69 bits per heavy atom. The van der Waals surface area contributed by atoms with E-state index < -0.39 is 17.2 Å². The van der Waals surface area contributed by atoms with Gasteiger partial charge in [-0.2, -0.15) is 13.2 Å². The number of benzene rings is 1. The van der Waals surface area contributed by atoms with Crippen LogP contribution in [0.2, 0.25) is 0 Å². The van der Waals surface area contributed by atoms with Crippen molar-refractivity contribution in [2.75, 3.05) is 6.26 Å². The number of hydrogen-bond donors (Lipinski definition) is 2. The smallest absolute Gasteiger partial charge is 0.379 e. The van der Waals surface area contributed by atoms with E-state index in [1.54, 1.807) is 0 Å². The first-order valence-corrected chi connectivity index (χ1v) is 5.68. The summed E-state index contributed by atoms with van der Waals surface area (Å²) in [6, 6.07) is 6.55. The minimum Gasteiger partial charge on any atom is -0.379 e. The van der Waals surface area contributed by atoms with Crippen molar-refractivity contribution in [2.45, 2.75) is 17.2 Å². The van der Waals surface area contributed by atoms with Crippen molar-refractivity contribution in [3.8, 4) is 0 Å². The monoisotopic (exact) mass is 252 g/mol. The predicted octanol–water partition coefficient (Wildman–Crippen LogP) is 2.12. The largest absolute Gasteiger partial charge is 0.424 e. The molecule has 90 valence electrons. The Morgan fingerprint density at radius 1 is 1.19 bits per heavy atom. The quantitative estimate of drug-likeness (QED) is 0.809. The molecule has 2 nitrogen and oxygen atoms in total. The highest BCUT2D eigenvalue weighted by Gasteiger charge is 2.59. The van der Waals surface area contributed by atoms with Gasteiger partial charge in [-0.1, -0.05) is 30.3 Å². The van der Waals surface area contributed by atoms with Gasteiger partial charge < -0.3 is 10.2 Å². The standard InChI is InChI=1S/C10H11F3O2S/c1-16-8(14)9(15,10(11,12)13)7-5-3-2-4-6-7/h2-6,8,14-15H,1H3/t8-,9+/m1/s1. The Balaban J connectivity index is 3.26. The number of thioether (sulfide) groups is 1. The zero-order chi connectivity index (χ0) is 12.4. The van der Waals surface area contributed by atoms with Gasteiger partial charge in [0.15, 0.2) is 0 Å². The van der Waals surface area contributed by atoms with Gasteiger partial charge in [0.05, 0.1) is 0 Å². The molecule has 1 rings (SSSR count). The summed E-state index contributed by atoms with van der Waals surface area (Å²) < 4.78 is 38.4. The lowest BCUT2D eigenvalue weighted by molar-refractivity contribution is -0.283. The van der Waals surface area contributed by atoms with Crippen molar-refractivity contribution in [2.24, 2.45) is 0 Å². The van der Waals surface area contributed by atoms with Crippen LogP contribution in [-0.4, -0.2) is 28.1 Å². The van der Waals surface area contributed by atoms with E-state index in [4.69, 9.17) is 0 Å². The molecule has 0 aliphatic carbocycles. The van der Waals surface area contributed by atoms with E-state index in [1.165, 1.54) is 24.5 Å². The summed E-state index contributed by atoms with van der Waals surface area (Å²) in [5.74, 6) is 0. The highest BCUT2D eigenvalue weighted by atomic mass is 32.2. The molecule has 1 aromatic carbocycles. The van der Waals surface area contributed by atoms with Crippen LogP contribution < -0.4 is 0 Å². The molecular formula is C10H11F3O2S. The summed E-state index contributed by atoms with van der Waals surface area (Å²) in [5, 5.41) is 19.1. The molecule has 0 aliphatic rings. The van der Waals surface area contributed by atoms with Crippen molar-refractivity contribution in [3.63, 3.8) is 0 Å². The lowest BCUT2D eigenvalue weighted by atomic mass is 9.94. The molecule has 0 heterocycles. The van der Waals surface area contributed by atoms with E-state index in [1.807, 2.05) is 0 Å². The first kappa shape index (κ1) is 13.3. The summed E-state index contributed by atoms with van der Waals surface area (Å²) in [6.45, 7) is 0. The average molecular weight is 252 g/mol. The highest BCUT2D eigenvalue weighted by Crippen LogP contribution is 2.44. The van der Waals surface area contributed by atoms with Crippen LogP contribution in [0.25, 0.3) is 0 Å². The van der Waals surface area contributed by atoms with Crippen LogP contribution in [0.1, 0.15) is 5.56 Å². The second-order valence-electron chi connectivity index (χ2n) is 3.22. The maximum Gasteiger partial charge on any atom is 0.424 e. The van der Waals surface area contributed by atoms with Gasteiger partial charge in [0.2, 0.25) is 5.60 Å². The maximum absolute atomic E-state index is 12.8. The van der Waals surface area contributed by atoms with Crippen LogP contribution in [0.15, 0.2) is 30.3 Å². The number of aliphatic hydroxyl groups is 2. The fourth-order valence-electron chi connectivity index (χ4n) is 1.31. The molecule has 2 N–H and O–H groups in total. The van der Waals surface area contributed by atoms with Gasteiger partial charge in [-0.3, -0.25) is 0 Å². The van der Waals surface area contributed by atoms with Crippen molar-refractivity contribution in [1.29, 1.82) is 0 Å². The Labute approximate surface area is 95.1 Å². The SMILES string of the molecule is CS[C@@H](O)[C@@](O)(c1ccccc1)C(F)(F)F. The lowest BCUT2D eigenvalue weighted by Gasteiger charge is -2.34. The third-order valence-corrected chi connectivity index (χ3v) is 3.01. The van der Waals surface area contributed by atoms with Gasteiger partial charge in [-0.05, 0) is 11.8 Å². The molecule has 6 heteroatoms. The fourth-order valence-corrected chi connectivity index (χ4v) is 1.92. The van der Waals surface area contributed by atoms with Gasteiger partial charge in [-0.25, -0.2) is 0 Å². The van der Waals surface area contributed by atoms with Crippen molar-refractivity contribution in [3.05, 3.63) is 35.9 Å². The molecule has 0 spiro atoms. The average Bonchev–Trinajstić information content (AvgIpc) is 2.26. The van der Waals surface area contributed by atoms with Crippen LogP contribution in [0.3, 0.4) is 0 Å². The lowest BCUT2D eigenvalue weighted by Crippen LogP contribution is -2.50. The zero-order valence-electron chi connectivity index (χ0n) is 8.40. The maximum atomic E-state index is 12.8. The highest BCUT2D eigenvalue weighted by molar-refractivity contribution is 7.99.